The number of hydrogen-bond acceptors (Lipinski definition) is 4. The van der Waals surface area contributed by atoms with Gasteiger partial charge in [-0.25, -0.2) is 8.42 Å². The van der Waals surface area contributed by atoms with Crippen molar-refractivity contribution < 1.29 is 26.5 Å². The first-order valence-corrected chi connectivity index (χ1v) is 6.57. The van der Waals surface area contributed by atoms with Gasteiger partial charge in [0.05, 0.1) is 4.92 Å². The Balaban J connectivity index is 3.91. The van der Waals surface area contributed by atoms with Crippen molar-refractivity contribution >= 4 is 25.4 Å². The molecule has 0 fully saturated rings. The molecule has 0 saturated heterocycles. The average Bonchev–Trinajstić information content (AvgIpc) is 2.13. The molecular weight excluding hydrogens is 299 g/mol. The van der Waals surface area contributed by atoms with Gasteiger partial charge in [0.25, 0.3) is 14.7 Å². The van der Waals surface area contributed by atoms with Crippen LogP contribution in [0.5, 0.6) is 0 Å². The Bertz CT molecular complexity index is 612. The number of benzene rings is 1. The van der Waals surface area contributed by atoms with Crippen LogP contribution in [0.2, 0.25) is 0 Å². The van der Waals surface area contributed by atoms with Gasteiger partial charge in [-0.15, -0.1) is 0 Å². The van der Waals surface area contributed by atoms with Crippen LogP contribution in [0, 0.1) is 17.0 Å². The molecule has 0 aliphatic rings. The van der Waals surface area contributed by atoms with E-state index in [0.717, 1.165) is 13.0 Å². The number of halogens is 4. The second-order valence-corrected chi connectivity index (χ2v) is 5.80. The predicted molar refractivity (Wildman–Crippen MR) is 55.9 cm³/mol. The van der Waals surface area contributed by atoms with Gasteiger partial charge < -0.3 is 0 Å². The molecule has 18 heavy (non-hydrogen) atoms. The van der Waals surface area contributed by atoms with Crippen LogP contribution in [0.4, 0.5) is 18.9 Å². The minimum absolute atomic E-state index is 0.317. The molecule has 1 aromatic rings. The molecule has 100 valence electrons. The molecule has 0 bridgehead atoms. The third-order valence-corrected chi connectivity index (χ3v) is 3.53. The van der Waals surface area contributed by atoms with Crippen LogP contribution in [0.15, 0.2) is 17.0 Å². The Morgan fingerprint density at radius 2 is 1.83 bits per heavy atom. The van der Waals surface area contributed by atoms with E-state index in [2.05, 4.69) is 0 Å². The van der Waals surface area contributed by atoms with Gasteiger partial charge in [0.2, 0.25) is 0 Å². The van der Waals surface area contributed by atoms with E-state index in [1.807, 2.05) is 0 Å². The van der Waals surface area contributed by atoms with Crippen LogP contribution < -0.4 is 0 Å². The second-order valence-electron chi connectivity index (χ2n) is 3.30. The summed E-state index contributed by atoms with van der Waals surface area (Å²) < 4.78 is 60.5. The highest BCUT2D eigenvalue weighted by molar-refractivity contribution is 8.13. The summed E-state index contributed by atoms with van der Waals surface area (Å²) in [5.74, 6) is 0. The van der Waals surface area contributed by atoms with Gasteiger partial charge in [-0.2, -0.15) is 13.2 Å². The lowest BCUT2D eigenvalue weighted by Gasteiger charge is -2.12. The molecule has 0 atom stereocenters. The molecule has 0 aromatic heterocycles. The molecule has 10 heteroatoms. The molecule has 1 rings (SSSR count). The maximum absolute atomic E-state index is 12.8. The highest BCUT2D eigenvalue weighted by Crippen LogP contribution is 2.42. The summed E-state index contributed by atoms with van der Waals surface area (Å²) in [6.07, 6.45) is -5.20. The molecule has 0 aliphatic heterocycles. The van der Waals surface area contributed by atoms with Crippen LogP contribution in [0.1, 0.15) is 11.1 Å². The number of hydrogen-bond donors (Lipinski definition) is 0. The maximum atomic E-state index is 12.8. The number of alkyl halides is 3. The number of rotatable bonds is 2. The fraction of sp³-hybridized carbons (Fsp3) is 0.250. The van der Waals surface area contributed by atoms with Crippen LogP contribution in [-0.4, -0.2) is 13.3 Å². The zero-order valence-corrected chi connectivity index (χ0v) is 10.2. The summed E-state index contributed by atoms with van der Waals surface area (Å²) in [5.41, 5.74) is -3.53. The largest absolute Gasteiger partial charge is 0.424 e. The first-order chi connectivity index (χ1) is 7.96. The summed E-state index contributed by atoms with van der Waals surface area (Å²) >= 11 is 0. The van der Waals surface area contributed by atoms with Crippen molar-refractivity contribution in [2.75, 3.05) is 0 Å². The van der Waals surface area contributed by atoms with Crippen molar-refractivity contribution in [1.82, 2.24) is 0 Å². The first kappa shape index (κ1) is 14.7. The molecule has 0 radical (unpaired) electrons. The molecule has 0 unspecified atom stereocenters. The summed E-state index contributed by atoms with van der Waals surface area (Å²) in [4.78, 5) is 7.93. The maximum Gasteiger partial charge on any atom is 0.424 e. The van der Waals surface area contributed by atoms with Gasteiger partial charge in [-0.05, 0) is 12.5 Å². The Morgan fingerprint density at radius 1 is 1.33 bits per heavy atom. The van der Waals surface area contributed by atoms with Gasteiger partial charge in [-0.3, -0.25) is 10.1 Å². The van der Waals surface area contributed by atoms with E-state index in [-0.39, 0.29) is 5.56 Å². The monoisotopic (exact) mass is 303 g/mol. The van der Waals surface area contributed by atoms with E-state index in [9.17, 15) is 31.7 Å². The lowest BCUT2D eigenvalue weighted by atomic mass is 10.1. The number of aryl methyl sites for hydroxylation is 1. The Labute approximate surface area is 104 Å². The van der Waals surface area contributed by atoms with Crippen molar-refractivity contribution in [3.63, 3.8) is 0 Å². The minimum Gasteiger partial charge on any atom is -0.258 e. The van der Waals surface area contributed by atoms with Gasteiger partial charge in [0, 0.05) is 16.7 Å². The molecule has 0 spiro atoms. The summed E-state index contributed by atoms with van der Waals surface area (Å²) in [6, 6.07) is 1.48. The average molecular weight is 304 g/mol. The van der Waals surface area contributed by atoms with Crippen LogP contribution >= 0.6 is 10.7 Å². The summed E-state index contributed by atoms with van der Waals surface area (Å²) in [7, 11) is 0.146. The molecule has 0 heterocycles. The molecule has 0 saturated carbocycles. The molecule has 0 amide bonds. The van der Waals surface area contributed by atoms with Crippen molar-refractivity contribution in [2.45, 2.75) is 18.0 Å². The Hall–Kier alpha value is -1.35. The van der Waals surface area contributed by atoms with E-state index in [1.54, 1.807) is 0 Å². The zero-order chi connectivity index (χ0) is 14.3. The summed E-state index contributed by atoms with van der Waals surface area (Å²) in [5, 5.41) is 10.5. The highest BCUT2D eigenvalue weighted by Gasteiger charge is 2.44. The van der Waals surface area contributed by atoms with Gasteiger partial charge >= 0.3 is 6.18 Å². The van der Waals surface area contributed by atoms with Gasteiger partial charge in [0.15, 0.2) is 5.56 Å². The lowest BCUT2D eigenvalue weighted by molar-refractivity contribution is -0.388. The second kappa shape index (κ2) is 4.39. The molecule has 0 aliphatic carbocycles. The topological polar surface area (TPSA) is 77.3 Å². The molecule has 5 nitrogen and oxygen atoms in total. The standard InChI is InChI=1S/C8H5ClF3NO4S/c1-4-2-3-5(13(14)15)6(8(10,11)12)7(4)18(9,16)17/h2-3H,1H3. The van der Waals surface area contributed by atoms with Crippen LogP contribution in [0.25, 0.3) is 0 Å². The third kappa shape index (κ3) is 2.72. The Morgan fingerprint density at radius 3 is 2.17 bits per heavy atom. The first-order valence-electron chi connectivity index (χ1n) is 4.26. The highest BCUT2D eigenvalue weighted by atomic mass is 35.7. The smallest absolute Gasteiger partial charge is 0.258 e. The number of nitro groups is 1. The molecular formula is C8H5ClF3NO4S. The normalized spacial score (nSPS) is 12.5. The fourth-order valence-corrected chi connectivity index (χ4v) is 2.93. The van der Waals surface area contributed by atoms with Crippen LogP contribution in [-0.2, 0) is 15.2 Å². The molecule has 1 aromatic carbocycles. The Kier molecular flexibility index (Phi) is 3.59. The predicted octanol–water partition coefficient (Wildman–Crippen LogP) is 2.85. The van der Waals surface area contributed by atoms with E-state index in [4.69, 9.17) is 10.7 Å². The van der Waals surface area contributed by atoms with Gasteiger partial charge in [-0.1, -0.05) is 6.07 Å². The molecule has 0 N–H and O–H groups in total. The van der Waals surface area contributed by atoms with Crippen LogP contribution in [0.3, 0.4) is 0 Å². The van der Waals surface area contributed by atoms with E-state index >= 15 is 0 Å². The zero-order valence-electron chi connectivity index (χ0n) is 8.66. The van der Waals surface area contributed by atoms with Crippen molar-refractivity contribution in [2.24, 2.45) is 0 Å². The van der Waals surface area contributed by atoms with Gasteiger partial charge in [0.1, 0.15) is 4.90 Å². The number of nitrogens with zero attached hydrogens (tertiary/aromatic N) is 1. The van der Waals surface area contributed by atoms with E-state index in [1.165, 1.54) is 0 Å². The SMILES string of the molecule is Cc1ccc([N+](=O)[O-])c(C(F)(F)F)c1S(=O)(=O)Cl. The number of nitro benzene ring substituents is 1. The minimum atomic E-state index is -5.20. The van der Waals surface area contributed by atoms with E-state index < -0.39 is 36.3 Å². The van der Waals surface area contributed by atoms with E-state index in [0.29, 0.717) is 6.07 Å². The fourth-order valence-electron chi connectivity index (χ4n) is 1.42. The van der Waals surface area contributed by atoms with Crippen molar-refractivity contribution in [3.8, 4) is 0 Å². The van der Waals surface area contributed by atoms with Crippen molar-refractivity contribution in [1.29, 1.82) is 0 Å². The summed E-state index contributed by atoms with van der Waals surface area (Å²) in [6.45, 7) is 1.06. The lowest BCUT2D eigenvalue weighted by Crippen LogP contribution is -2.15. The third-order valence-electron chi connectivity index (χ3n) is 2.06. The quantitative estimate of drug-likeness (QED) is 0.478. The van der Waals surface area contributed by atoms with Crippen molar-refractivity contribution in [3.05, 3.63) is 33.4 Å².